The van der Waals surface area contributed by atoms with Crippen molar-refractivity contribution in [3.8, 4) is 0 Å². The van der Waals surface area contributed by atoms with Gasteiger partial charge in [0.1, 0.15) is 18.3 Å². The zero-order valence-corrected chi connectivity index (χ0v) is 21.2. The summed E-state index contributed by atoms with van der Waals surface area (Å²) in [4.78, 5) is 27.1. The van der Waals surface area contributed by atoms with E-state index in [-0.39, 0.29) is 19.8 Å². The molecule has 0 spiro atoms. The Morgan fingerprint density at radius 1 is 0.763 bits per heavy atom. The third kappa shape index (κ3) is 7.92. The van der Waals surface area contributed by atoms with Gasteiger partial charge in [-0.15, -0.1) is 0 Å². The maximum Gasteiger partial charge on any atom is 0.303 e. The fourth-order valence-electron chi connectivity index (χ4n) is 4.29. The number of hydrogen-bond acceptors (Lipinski definition) is 8. The second kappa shape index (κ2) is 14.3. The Bertz CT molecular complexity index is 1170. The first-order valence-electron chi connectivity index (χ1n) is 12.5. The standard InChI is InChI=1S/C30H31NO7/c1-22(33)37-29-28(36-19-25-15-9-4-10-16-25)27(35-18-24-13-7-3-8-14-24)26(38-30(29)31-21-32)20-34-17-23-11-5-2-6-12-23/h2-16,26-30H,17-20H2,1H3/t26-,27-,28+,29+,30+/m1/s1. The van der Waals surface area contributed by atoms with Crippen molar-refractivity contribution in [1.82, 2.24) is 0 Å². The predicted molar refractivity (Wildman–Crippen MR) is 138 cm³/mol. The fraction of sp³-hybridized carbons (Fsp3) is 0.333. The van der Waals surface area contributed by atoms with Crippen LogP contribution in [0.4, 0.5) is 0 Å². The van der Waals surface area contributed by atoms with Gasteiger partial charge in [-0.1, -0.05) is 91.0 Å². The zero-order valence-electron chi connectivity index (χ0n) is 21.2. The number of carbonyl (C=O) groups excluding carboxylic acids is 2. The SMILES string of the molecule is CC(=O)O[C@H]1[C@@H](OCc2ccccc2)[C@H](OCc2ccccc2)[C@@H](COCc2ccccc2)O[C@@H]1N=C=O. The van der Waals surface area contributed by atoms with Crippen molar-refractivity contribution < 1.29 is 33.3 Å². The lowest BCUT2D eigenvalue weighted by Crippen LogP contribution is -2.61. The lowest BCUT2D eigenvalue weighted by atomic mass is 9.97. The molecule has 38 heavy (non-hydrogen) atoms. The van der Waals surface area contributed by atoms with Gasteiger partial charge in [0.25, 0.3) is 0 Å². The van der Waals surface area contributed by atoms with Gasteiger partial charge in [0, 0.05) is 6.92 Å². The topological polar surface area (TPSA) is 92.7 Å². The van der Waals surface area contributed by atoms with Gasteiger partial charge >= 0.3 is 5.97 Å². The van der Waals surface area contributed by atoms with Crippen LogP contribution in [0.1, 0.15) is 23.6 Å². The number of rotatable bonds is 12. The molecule has 1 heterocycles. The summed E-state index contributed by atoms with van der Waals surface area (Å²) in [6, 6.07) is 29.0. The van der Waals surface area contributed by atoms with Crippen molar-refractivity contribution in [2.45, 2.75) is 57.4 Å². The van der Waals surface area contributed by atoms with Gasteiger partial charge in [0.05, 0.1) is 26.4 Å². The first-order valence-corrected chi connectivity index (χ1v) is 12.5. The minimum Gasteiger partial charge on any atom is -0.455 e. The molecular formula is C30H31NO7. The molecule has 0 bridgehead atoms. The molecule has 0 saturated carbocycles. The Hall–Kier alpha value is -3.65. The summed E-state index contributed by atoms with van der Waals surface area (Å²) < 4.78 is 30.4. The highest BCUT2D eigenvalue weighted by atomic mass is 16.6. The molecule has 0 amide bonds. The van der Waals surface area contributed by atoms with E-state index in [1.54, 1.807) is 0 Å². The van der Waals surface area contributed by atoms with Crippen molar-refractivity contribution in [2.24, 2.45) is 4.99 Å². The summed E-state index contributed by atoms with van der Waals surface area (Å²) in [5, 5.41) is 0. The van der Waals surface area contributed by atoms with Gasteiger partial charge in [0.2, 0.25) is 6.08 Å². The molecule has 1 saturated heterocycles. The van der Waals surface area contributed by atoms with Gasteiger partial charge in [-0.2, -0.15) is 4.99 Å². The second-order valence-corrected chi connectivity index (χ2v) is 8.88. The summed E-state index contributed by atoms with van der Waals surface area (Å²) in [6.45, 7) is 2.27. The van der Waals surface area contributed by atoms with Gasteiger partial charge < -0.3 is 23.7 Å². The maximum absolute atomic E-state index is 12.0. The second-order valence-electron chi connectivity index (χ2n) is 8.88. The molecule has 0 N–H and O–H groups in total. The molecule has 0 aromatic heterocycles. The average molecular weight is 518 g/mol. The lowest BCUT2D eigenvalue weighted by molar-refractivity contribution is -0.264. The number of esters is 1. The van der Waals surface area contributed by atoms with E-state index in [1.807, 2.05) is 91.0 Å². The van der Waals surface area contributed by atoms with Gasteiger partial charge in [-0.3, -0.25) is 4.79 Å². The molecule has 4 rings (SSSR count). The summed E-state index contributed by atoms with van der Waals surface area (Å²) in [6.07, 6.45) is -2.79. The quantitative estimate of drug-likeness (QED) is 0.200. The summed E-state index contributed by atoms with van der Waals surface area (Å²) >= 11 is 0. The molecule has 198 valence electrons. The third-order valence-electron chi connectivity index (χ3n) is 6.06. The fourth-order valence-corrected chi connectivity index (χ4v) is 4.29. The van der Waals surface area contributed by atoms with E-state index in [1.165, 1.54) is 13.0 Å². The molecule has 1 aliphatic rings. The summed E-state index contributed by atoms with van der Waals surface area (Å²) in [7, 11) is 0. The highest BCUT2D eigenvalue weighted by Gasteiger charge is 2.49. The van der Waals surface area contributed by atoms with Crippen LogP contribution in [0.25, 0.3) is 0 Å². The Kier molecular flexibility index (Phi) is 10.3. The smallest absolute Gasteiger partial charge is 0.303 e. The zero-order chi connectivity index (χ0) is 26.6. The van der Waals surface area contributed by atoms with Gasteiger partial charge in [-0.05, 0) is 16.7 Å². The monoisotopic (exact) mass is 517 g/mol. The largest absolute Gasteiger partial charge is 0.455 e. The number of carbonyl (C=O) groups is 1. The maximum atomic E-state index is 12.0. The van der Waals surface area contributed by atoms with Crippen LogP contribution in [-0.2, 0) is 53.1 Å². The Balaban J connectivity index is 1.59. The van der Waals surface area contributed by atoms with E-state index >= 15 is 0 Å². The van der Waals surface area contributed by atoms with Crippen LogP contribution in [0.3, 0.4) is 0 Å². The van der Waals surface area contributed by atoms with Crippen molar-refractivity contribution in [1.29, 1.82) is 0 Å². The molecule has 1 fully saturated rings. The van der Waals surface area contributed by atoms with E-state index in [0.717, 1.165) is 16.7 Å². The predicted octanol–water partition coefficient (Wildman–Crippen LogP) is 4.37. The van der Waals surface area contributed by atoms with Crippen molar-refractivity contribution in [3.05, 3.63) is 108 Å². The van der Waals surface area contributed by atoms with Crippen LogP contribution in [0, 0.1) is 0 Å². The average Bonchev–Trinajstić information content (AvgIpc) is 2.94. The van der Waals surface area contributed by atoms with Crippen LogP contribution in [0.15, 0.2) is 96.0 Å². The Morgan fingerprint density at radius 3 is 1.76 bits per heavy atom. The molecule has 8 nitrogen and oxygen atoms in total. The number of hydrogen-bond donors (Lipinski definition) is 0. The number of ether oxygens (including phenoxy) is 5. The highest BCUT2D eigenvalue weighted by molar-refractivity contribution is 5.66. The molecule has 0 unspecified atom stereocenters. The van der Waals surface area contributed by atoms with Crippen LogP contribution in [0.5, 0.6) is 0 Å². The van der Waals surface area contributed by atoms with Crippen LogP contribution >= 0.6 is 0 Å². The first-order chi connectivity index (χ1) is 18.6. The lowest BCUT2D eigenvalue weighted by Gasteiger charge is -2.44. The van der Waals surface area contributed by atoms with Crippen molar-refractivity contribution in [3.63, 3.8) is 0 Å². The van der Waals surface area contributed by atoms with E-state index in [2.05, 4.69) is 4.99 Å². The number of benzene rings is 3. The number of aliphatic imine (C=N–C) groups is 1. The van der Waals surface area contributed by atoms with Crippen LogP contribution in [-0.4, -0.2) is 49.3 Å². The highest BCUT2D eigenvalue weighted by Crippen LogP contribution is 2.31. The molecular weight excluding hydrogens is 486 g/mol. The minimum atomic E-state index is -1.13. The Labute approximate surface area is 222 Å². The Morgan fingerprint density at radius 2 is 1.26 bits per heavy atom. The van der Waals surface area contributed by atoms with Crippen LogP contribution < -0.4 is 0 Å². The third-order valence-corrected chi connectivity index (χ3v) is 6.06. The first kappa shape index (κ1) is 27.4. The van der Waals surface area contributed by atoms with E-state index in [4.69, 9.17) is 23.7 Å². The minimum absolute atomic E-state index is 0.136. The van der Waals surface area contributed by atoms with E-state index < -0.39 is 36.6 Å². The van der Waals surface area contributed by atoms with Crippen LogP contribution in [0.2, 0.25) is 0 Å². The van der Waals surface area contributed by atoms with Crippen molar-refractivity contribution >= 4 is 12.0 Å². The molecule has 5 atom stereocenters. The molecule has 3 aromatic rings. The summed E-state index contributed by atoms with van der Waals surface area (Å²) in [5.41, 5.74) is 2.88. The van der Waals surface area contributed by atoms with Gasteiger partial charge in [-0.25, -0.2) is 4.79 Å². The molecule has 0 radical (unpaired) electrons. The van der Waals surface area contributed by atoms with Crippen molar-refractivity contribution in [2.75, 3.05) is 6.61 Å². The summed E-state index contributed by atoms with van der Waals surface area (Å²) in [5.74, 6) is -0.557. The van der Waals surface area contributed by atoms with E-state index in [0.29, 0.717) is 6.61 Å². The molecule has 3 aromatic carbocycles. The number of isocyanates is 1. The normalized spacial score (nSPS) is 22.8. The molecule has 8 heteroatoms. The molecule has 0 aliphatic carbocycles. The van der Waals surface area contributed by atoms with Gasteiger partial charge in [0.15, 0.2) is 12.3 Å². The molecule has 1 aliphatic heterocycles. The van der Waals surface area contributed by atoms with E-state index in [9.17, 15) is 9.59 Å². The number of nitrogens with zero attached hydrogens (tertiary/aromatic N) is 1.